The van der Waals surface area contributed by atoms with Gasteiger partial charge in [-0.05, 0) is 19.3 Å². The Kier molecular flexibility index (Phi) is 5.81. The monoisotopic (exact) mass is 315 g/mol. The summed E-state index contributed by atoms with van der Waals surface area (Å²) >= 11 is 3.98. The molecule has 4 unspecified atom stereocenters. The van der Waals surface area contributed by atoms with E-state index in [9.17, 15) is 0 Å². The summed E-state index contributed by atoms with van der Waals surface area (Å²) in [5.41, 5.74) is 6.07. The Hall–Kier alpha value is -0.200. The van der Waals surface area contributed by atoms with Gasteiger partial charge in [0.25, 0.3) is 0 Å². The highest BCUT2D eigenvalue weighted by Crippen LogP contribution is 2.43. The van der Waals surface area contributed by atoms with Gasteiger partial charge in [0.1, 0.15) is 0 Å². The molecule has 114 valence electrons. The van der Waals surface area contributed by atoms with Gasteiger partial charge in [0.2, 0.25) is 5.89 Å². The zero-order chi connectivity index (χ0) is 14.7. The van der Waals surface area contributed by atoms with E-state index >= 15 is 0 Å². The van der Waals surface area contributed by atoms with Crippen molar-refractivity contribution in [3.8, 4) is 0 Å². The summed E-state index contributed by atoms with van der Waals surface area (Å²) in [7, 11) is 0. The highest BCUT2D eigenvalue weighted by Gasteiger charge is 2.32. The van der Waals surface area contributed by atoms with Gasteiger partial charge in [-0.25, -0.2) is 0 Å². The lowest BCUT2D eigenvalue weighted by Crippen LogP contribution is -2.29. The SMILES string of the molecule is CCC1SCCSC1c1noc(C(C(C)C)C(C)N)n1. The molecule has 2 rings (SSSR count). The van der Waals surface area contributed by atoms with Crippen molar-refractivity contribution in [3.05, 3.63) is 11.7 Å². The number of rotatable bonds is 5. The number of nitrogens with two attached hydrogens (primary N) is 1. The molecule has 1 aliphatic rings. The number of thioether (sulfide) groups is 2. The Labute approximate surface area is 130 Å². The van der Waals surface area contributed by atoms with E-state index in [1.165, 1.54) is 5.75 Å². The van der Waals surface area contributed by atoms with Gasteiger partial charge < -0.3 is 10.3 Å². The van der Waals surface area contributed by atoms with E-state index in [2.05, 4.69) is 30.9 Å². The summed E-state index contributed by atoms with van der Waals surface area (Å²) in [5.74, 6) is 4.48. The first-order valence-corrected chi connectivity index (χ1v) is 9.46. The fourth-order valence-electron chi connectivity index (χ4n) is 2.76. The molecule has 4 nitrogen and oxygen atoms in total. The predicted octanol–water partition coefficient (Wildman–Crippen LogP) is 3.46. The smallest absolute Gasteiger partial charge is 0.231 e. The molecule has 1 fully saturated rings. The van der Waals surface area contributed by atoms with E-state index < -0.39 is 0 Å². The Morgan fingerprint density at radius 3 is 2.60 bits per heavy atom. The van der Waals surface area contributed by atoms with Gasteiger partial charge in [-0.1, -0.05) is 25.9 Å². The molecule has 1 aromatic heterocycles. The van der Waals surface area contributed by atoms with Crippen LogP contribution < -0.4 is 5.73 Å². The maximum absolute atomic E-state index is 6.07. The van der Waals surface area contributed by atoms with Crippen LogP contribution in [0, 0.1) is 5.92 Å². The second kappa shape index (κ2) is 7.18. The van der Waals surface area contributed by atoms with Crippen molar-refractivity contribution in [2.75, 3.05) is 11.5 Å². The molecule has 6 heteroatoms. The third-order valence-electron chi connectivity index (χ3n) is 3.73. The Bertz CT molecular complexity index is 414. The van der Waals surface area contributed by atoms with E-state index in [-0.39, 0.29) is 12.0 Å². The van der Waals surface area contributed by atoms with Crippen molar-refractivity contribution in [1.82, 2.24) is 10.1 Å². The highest BCUT2D eigenvalue weighted by molar-refractivity contribution is 8.06. The molecule has 1 aliphatic heterocycles. The highest BCUT2D eigenvalue weighted by atomic mass is 32.2. The molecule has 1 aromatic rings. The third-order valence-corrected chi connectivity index (χ3v) is 6.98. The minimum Gasteiger partial charge on any atom is -0.339 e. The van der Waals surface area contributed by atoms with Gasteiger partial charge in [-0.3, -0.25) is 0 Å². The minimum absolute atomic E-state index is 0.0265. The maximum atomic E-state index is 6.07. The predicted molar refractivity (Wildman–Crippen MR) is 87.3 cm³/mol. The lowest BCUT2D eigenvalue weighted by atomic mass is 9.90. The molecule has 0 radical (unpaired) electrons. The van der Waals surface area contributed by atoms with E-state index in [0.29, 0.717) is 22.3 Å². The van der Waals surface area contributed by atoms with Crippen LogP contribution in [0.5, 0.6) is 0 Å². The van der Waals surface area contributed by atoms with E-state index in [1.807, 2.05) is 30.4 Å². The number of nitrogens with zero attached hydrogens (tertiary/aromatic N) is 2. The number of hydrogen-bond acceptors (Lipinski definition) is 6. The molecule has 0 spiro atoms. The van der Waals surface area contributed by atoms with E-state index in [0.717, 1.165) is 18.0 Å². The molecule has 0 aliphatic carbocycles. The molecule has 0 bridgehead atoms. The van der Waals surface area contributed by atoms with Gasteiger partial charge in [-0.2, -0.15) is 16.7 Å². The van der Waals surface area contributed by atoms with Crippen molar-refractivity contribution in [3.63, 3.8) is 0 Å². The van der Waals surface area contributed by atoms with Gasteiger partial charge in [-0.15, -0.1) is 11.8 Å². The first kappa shape index (κ1) is 16.2. The lowest BCUT2D eigenvalue weighted by molar-refractivity contribution is 0.298. The van der Waals surface area contributed by atoms with Gasteiger partial charge in [0.15, 0.2) is 5.82 Å². The largest absolute Gasteiger partial charge is 0.339 e. The van der Waals surface area contributed by atoms with Crippen LogP contribution >= 0.6 is 23.5 Å². The van der Waals surface area contributed by atoms with Gasteiger partial charge in [0, 0.05) is 22.8 Å². The summed E-state index contributed by atoms with van der Waals surface area (Å²) in [5, 5.41) is 5.20. The summed E-state index contributed by atoms with van der Waals surface area (Å²) in [6.45, 7) is 8.54. The number of aromatic nitrogens is 2. The zero-order valence-corrected chi connectivity index (χ0v) is 14.3. The second-order valence-electron chi connectivity index (χ2n) is 5.73. The van der Waals surface area contributed by atoms with E-state index in [1.54, 1.807) is 0 Å². The molecule has 4 atom stereocenters. The standard InChI is InChI=1S/C14H25N3OS2/c1-5-10-12(20-7-6-19-10)13-16-14(18-17-13)11(8(2)3)9(4)15/h8-12H,5-7,15H2,1-4H3. The van der Waals surface area contributed by atoms with Gasteiger partial charge in [0.05, 0.1) is 11.2 Å². The average molecular weight is 316 g/mol. The van der Waals surface area contributed by atoms with Crippen molar-refractivity contribution in [1.29, 1.82) is 0 Å². The van der Waals surface area contributed by atoms with Crippen molar-refractivity contribution >= 4 is 23.5 Å². The quantitative estimate of drug-likeness (QED) is 0.897. The maximum Gasteiger partial charge on any atom is 0.231 e. The Morgan fingerprint density at radius 2 is 2.00 bits per heavy atom. The molecule has 0 saturated carbocycles. The first-order valence-electron chi connectivity index (χ1n) is 7.36. The molecular formula is C14H25N3OS2. The van der Waals surface area contributed by atoms with Crippen LogP contribution in [0.2, 0.25) is 0 Å². The van der Waals surface area contributed by atoms with Crippen LogP contribution in [0.1, 0.15) is 57.0 Å². The molecule has 0 amide bonds. The van der Waals surface area contributed by atoms with Crippen LogP contribution in [-0.2, 0) is 0 Å². The minimum atomic E-state index is 0.0265. The molecule has 0 aromatic carbocycles. The average Bonchev–Trinajstić information content (AvgIpc) is 2.87. The van der Waals surface area contributed by atoms with E-state index in [4.69, 9.17) is 10.3 Å². The second-order valence-corrected chi connectivity index (χ2v) is 8.33. The zero-order valence-electron chi connectivity index (χ0n) is 12.7. The fraction of sp³-hybridized carbons (Fsp3) is 0.857. The summed E-state index contributed by atoms with van der Waals surface area (Å²) in [6.07, 6.45) is 1.15. The normalized spacial score (nSPS) is 26.7. The fourth-order valence-corrected chi connectivity index (χ4v) is 5.74. The Morgan fingerprint density at radius 1 is 1.30 bits per heavy atom. The molecule has 2 heterocycles. The summed E-state index contributed by atoms with van der Waals surface area (Å²) < 4.78 is 5.53. The molecular weight excluding hydrogens is 290 g/mol. The van der Waals surface area contributed by atoms with Crippen molar-refractivity contribution < 1.29 is 4.52 Å². The van der Waals surface area contributed by atoms with Crippen LogP contribution in [0.4, 0.5) is 0 Å². The topological polar surface area (TPSA) is 64.9 Å². The molecule has 20 heavy (non-hydrogen) atoms. The third kappa shape index (κ3) is 3.52. The van der Waals surface area contributed by atoms with Crippen molar-refractivity contribution in [2.45, 2.75) is 56.6 Å². The van der Waals surface area contributed by atoms with Gasteiger partial charge >= 0.3 is 0 Å². The van der Waals surface area contributed by atoms with Crippen molar-refractivity contribution in [2.24, 2.45) is 11.7 Å². The summed E-state index contributed by atoms with van der Waals surface area (Å²) in [4.78, 5) is 4.68. The van der Waals surface area contributed by atoms with Crippen LogP contribution in [0.25, 0.3) is 0 Å². The lowest BCUT2D eigenvalue weighted by Gasteiger charge is -2.27. The van der Waals surface area contributed by atoms with Crippen LogP contribution in [-0.4, -0.2) is 32.9 Å². The van der Waals surface area contributed by atoms with Crippen LogP contribution in [0.3, 0.4) is 0 Å². The summed E-state index contributed by atoms with van der Waals surface area (Å²) in [6, 6.07) is 0.0265. The Balaban J connectivity index is 2.19. The molecule has 1 saturated heterocycles. The number of hydrogen-bond donors (Lipinski definition) is 1. The van der Waals surface area contributed by atoms with Crippen LogP contribution in [0.15, 0.2) is 4.52 Å². The molecule has 2 N–H and O–H groups in total. The first-order chi connectivity index (χ1) is 9.54.